The first kappa shape index (κ1) is 16.9. The topological polar surface area (TPSA) is 17.4 Å². The van der Waals surface area contributed by atoms with Crippen molar-refractivity contribution in [3.05, 3.63) is 89.2 Å². The number of benzene rings is 2. The molecule has 1 aliphatic rings. The summed E-state index contributed by atoms with van der Waals surface area (Å²) in [5, 5.41) is 0. The minimum atomic E-state index is 0.239. The van der Waals surface area contributed by atoms with E-state index in [0.29, 0.717) is 0 Å². The summed E-state index contributed by atoms with van der Waals surface area (Å²) in [6.07, 6.45) is 3.37. The molecule has 2 aromatic carbocycles. The predicted octanol–water partition coefficient (Wildman–Crippen LogP) is 4.80. The van der Waals surface area contributed by atoms with Gasteiger partial charge in [-0.15, -0.1) is 0 Å². The molecule has 1 aliphatic heterocycles. The number of hydrogen-bond acceptors (Lipinski definition) is 2. The van der Waals surface area contributed by atoms with Gasteiger partial charge in [-0.3, -0.25) is 4.90 Å². The van der Waals surface area contributed by atoms with Gasteiger partial charge in [0.1, 0.15) is 5.75 Å². The molecule has 2 heterocycles. The molecule has 0 N–H and O–H groups in total. The average molecular weight is 346 g/mol. The molecule has 1 atom stereocenters. The Balaban J connectivity index is 1.75. The molecule has 3 aromatic rings. The van der Waals surface area contributed by atoms with Crippen LogP contribution in [0.3, 0.4) is 0 Å². The molecule has 134 valence electrons. The lowest BCUT2D eigenvalue weighted by Crippen LogP contribution is -2.29. The summed E-state index contributed by atoms with van der Waals surface area (Å²) in [5.74, 6) is 0.917. The van der Waals surface area contributed by atoms with E-state index in [1.54, 1.807) is 7.11 Å². The van der Waals surface area contributed by atoms with Gasteiger partial charge < -0.3 is 9.30 Å². The SMILES string of the molecule is COc1cccc([C@@H]2c3cccn3CCCN2Cc2cccc(C)c2)c1. The fourth-order valence-corrected chi connectivity index (χ4v) is 4.05. The lowest BCUT2D eigenvalue weighted by atomic mass is 10.0. The number of rotatable bonds is 4. The van der Waals surface area contributed by atoms with Gasteiger partial charge in [0.2, 0.25) is 0 Å². The van der Waals surface area contributed by atoms with Gasteiger partial charge in [0.05, 0.1) is 13.2 Å². The third-order valence-electron chi connectivity index (χ3n) is 5.23. The molecule has 0 aliphatic carbocycles. The van der Waals surface area contributed by atoms with E-state index in [1.165, 1.54) is 22.4 Å². The molecule has 4 rings (SSSR count). The fourth-order valence-electron chi connectivity index (χ4n) is 4.05. The summed E-state index contributed by atoms with van der Waals surface area (Å²) >= 11 is 0. The lowest BCUT2D eigenvalue weighted by Gasteiger charge is -2.31. The summed E-state index contributed by atoms with van der Waals surface area (Å²) in [6, 6.07) is 22.0. The maximum atomic E-state index is 5.49. The van der Waals surface area contributed by atoms with E-state index in [2.05, 4.69) is 77.2 Å². The minimum absolute atomic E-state index is 0.239. The zero-order valence-electron chi connectivity index (χ0n) is 15.6. The van der Waals surface area contributed by atoms with Crippen molar-refractivity contribution in [3.8, 4) is 5.75 Å². The van der Waals surface area contributed by atoms with Crippen LogP contribution in [0.5, 0.6) is 5.75 Å². The minimum Gasteiger partial charge on any atom is -0.497 e. The molecule has 1 aromatic heterocycles. The van der Waals surface area contributed by atoms with Gasteiger partial charge in [-0.05, 0) is 48.7 Å². The number of ether oxygens (including phenoxy) is 1. The summed E-state index contributed by atoms with van der Waals surface area (Å²) < 4.78 is 7.89. The third-order valence-corrected chi connectivity index (χ3v) is 5.23. The summed E-state index contributed by atoms with van der Waals surface area (Å²) in [6.45, 7) is 5.27. The average Bonchev–Trinajstić information content (AvgIpc) is 3.03. The van der Waals surface area contributed by atoms with E-state index in [-0.39, 0.29) is 6.04 Å². The Morgan fingerprint density at radius 3 is 2.73 bits per heavy atom. The van der Waals surface area contributed by atoms with Crippen LogP contribution in [0.4, 0.5) is 0 Å². The molecule has 0 saturated heterocycles. The second kappa shape index (κ2) is 7.38. The van der Waals surface area contributed by atoms with Crippen LogP contribution in [0, 0.1) is 6.92 Å². The first-order valence-corrected chi connectivity index (χ1v) is 9.33. The van der Waals surface area contributed by atoms with Crippen molar-refractivity contribution in [1.29, 1.82) is 0 Å². The number of aryl methyl sites for hydroxylation is 2. The Hall–Kier alpha value is -2.52. The number of nitrogens with zero attached hydrogens (tertiary/aromatic N) is 2. The van der Waals surface area contributed by atoms with Crippen molar-refractivity contribution in [2.45, 2.75) is 32.5 Å². The molecule has 3 heteroatoms. The van der Waals surface area contributed by atoms with Gasteiger partial charge in [-0.1, -0.05) is 42.0 Å². The molecule has 0 spiro atoms. The van der Waals surface area contributed by atoms with Crippen molar-refractivity contribution < 1.29 is 4.74 Å². The van der Waals surface area contributed by atoms with Crippen molar-refractivity contribution in [2.75, 3.05) is 13.7 Å². The van der Waals surface area contributed by atoms with Crippen LogP contribution in [0.1, 0.15) is 34.8 Å². The Morgan fingerprint density at radius 1 is 1.00 bits per heavy atom. The molecule has 0 saturated carbocycles. The third kappa shape index (κ3) is 3.40. The van der Waals surface area contributed by atoms with Gasteiger partial charge >= 0.3 is 0 Å². The van der Waals surface area contributed by atoms with E-state index in [9.17, 15) is 0 Å². The Labute approximate surface area is 155 Å². The van der Waals surface area contributed by atoms with Gasteiger partial charge in [-0.25, -0.2) is 0 Å². The molecule has 0 amide bonds. The van der Waals surface area contributed by atoms with Crippen LogP contribution in [0.15, 0.2) is 66.9 Å². The van der Waals surface area contributed by atoms with E-state index in [4.69, 9.17) is 4.74 Å². The van der Waals surface area contributed by atoms with Crippen LogP contribution in [-0.4, -0.2) is 23.1 Å². The zero-order valence-corrected chi connectivity index (χ0v) is 15.6. The molecule has 26 heavy (non-hydrogen) atoms. The highest BCUT2D eigenvalue weighted by Gasteiger charge is 2.27. The normalized spacial score (nSPS) is 17.5. The zero-order chi connectivity index (χ0) is 17.9. The van der Waals surface area contributed by atoms with E-state index >= 15 is 0 Å². The van der Waals surface area contributed by atoms with Crippen molar-refractivity contribution in [3.63, 3.8) is 0 Å². The quantitative estimate of drug-likeness (QED) is 0.675. The fraction of sp³-hybridized carbons (Fsp3) is 0.304. The number of hydrogen-bond donors (Lipinski definition) is 0. The summed E-state index contributed by atoms with van der Waals surface area (Å²) in [5.41, 5.74) is 5.35. The Kier molecular flexibility index (Phi) is 4.81. The second-order valence-electron chi connectivity index (χ2n) is 7.12. The summed E-state index contributed by atoms with van der Waals surface area (Å²) in [4.78, 5) is 2.60. The van der Waals surface area contributed by atoms with Crippen molar-refractivity contribution in [2.24, 2.45) is 0 Å². The van der Waals surface area contributed by atoms with Crippen molar-refractivity contribution >= 4 is 0 Å². The van der Waals surface area contributed by atoms with Gasteiger partial charge in [0.25, 0.3) is 0 Å². The highest BCUT2D eigenvalue weighted by atomic mass is 16.5. The second-order valence-corrected chi connectivity index (χ2v) is 7.12. The maximum Gasteiger partial charge on any atom is 0.119 e. The van der Waals surface area contributed by atoms with E-state index < -0.39 is 0 Å². The Morgan fingerprint density at radius 2 is 1.88 bits per heavy atom. The van der Waals surface area contributed by atoms with Crippen LogP contribution in [0.25, 0.3) is 0 Å². The van der Waals surface area contributed by atoms with Crippen LogP contribution in [0.2, 0.25) is 0 Å². The van der Waals surface area contributed by atoms with E-state index in [1.807, 2.05) is 6.07 Å². The lowest BCUT2D eigenvalue weighted by molar-refractivity contribution is 0.220. The molecule has 0 fully saturated rings. The molecular formula is C23H26N2O. The molecule has 0 bridgehead atoms. The first-order chi connectivity index (χ1) is 12.7. The summed E-state index contributed by atoms with van der Waals surface area (Å²) in [7, 11) is 1.74. The molecule has 0 unspecified atom stereocenters. The predicted molar refractivity (Wildman–Crippen MR) is 105 cm³/mol. The molecule has 0 radical (unpaired) electrons. The highest BCUT2D eigenvalue weighted by molar-refractivity contribution is 5.36. The Bertz CT molecular complexity index is 883. The van der Waals surface area contributed by atoms with Gasteiger partial charge in [0.15, 0.2) is 0 Å². The maximum absolute atomic E-state index is 5.49. The van der Waals surface area contributed by atoms with Gasteiger partial charge in [-0.2, -0.15) is 0 Å². The van der Waals surface area contributed by atoms with Crippen molar-refractivity contribution in [1.82, 2.24) is 9.47 Å². The standard InChI is InChI=1S/C23H26N2O/c1-18-7-3-8-19(15-18)17-25-14-6-13-24-12-5-11-22(24)23(25)20-9-4-10-21(16-20)26-2/h3-5,7-12,15-16,23H,6,13-14,17H2,1-2H3/t23-/m1/s1. The van der Waals surface area contributed by atoms with Crippen LogP contribution < -0.4 is 4.74 Å². The van der Waals surface area contributed by atoms with Gasteiger partial charge in [0, 0.05) is 31.5 Å². The van der Waals surface area contributed by atoms with Crippen LogP contribution >= 0.6 is 0 Å². The smallest absolute Gasteiger partial charge is 0.119 e. The molecule has 3 nitrogen and oxygen atoms in total. The number of methoxy groups -OCH3 is 1. The van der Waals surface area contributed by atoms with E-state index in [0.717, 1.165) is 31.8 Å². The highest BCUT2D eigenvalue weighted by Crippen LogP contribution is 2.34. The number of aromatic nitrogens is 1. The van der Waals surface area contributed by atoms with Crippen LogP contribution in [-0.2, 0) is 13.1 Å². The monoisotopic (exact) mass is 346 g/mol. The number of fused-ring (bicyclic) bond motifs is 1. The molecular weight excluding hydrogens is 320 g/mol. The largest absolute Gasteiger partial charge is 0.497 e. The first-order valence-electron chi connectivity index (χ1n) is 9.33.